The molecule has 0 fully saturated rings. The lowest BCUT2D eigenvalue weighted by Crippen LogP contribution is -2.15. The van der Waals surface area contributed by atoms with E-state index in [1.54, 1.807) is 42.7 Å². The zero-order valence-electron chi connectivity index (χ0n) is 17.5. The van der Waals surface area contributed by atoms with Crippen LogP contribution in [0.4, 0.5) is 5.69 Å². The van der Waals surface area contributed by atoms with Gasteiger partial charge in [-0.3, -0.25) is 9.36 Å². The predicted molar refractivity (Wildman–Crippen MR) is 125 cm³/mol. The van der Waals surface area contributed by atoms with Gasteiger partial charge in [-0.25, -0.2) is 4.79 Å². The van der Waals surface area contributed by atoms with E-state index in [-0.39, 0.29) is 11.7 Å². The number of furan rings is 1. The van der Waals surface area contributed by atoms with Gasteiger partial charge in [-0.05, 0) is 48.5 Å². The van der Waals surface area contributed by atoms with Crippen molar-refractivity contribution in [3.05, 3.63) is 83.3 Å². The van der Waals surface area contributed by atoms with Crippen LogP contribution in [-0.2, 0) is 16.1 Å². The normalized spacial score (nSPS) is 10.7. The molecule has 1 amide bonds. The second kappa shape index (κ2) is 10.4. The van der Waals surface area contributed by atoms with Gasteiger partial charge in [0.2, 0.25) is 5.91 Å². The largest absolute Gasteiger partial charge is 0.467 e. The van der Waals surface area contributed by atoms with Crippen molar-refractivity contribution in [3.63, 3.8) is 0 Å². The number of amides is 1. The van der Waals surface area contributed by atoms with Gasteiger partial charge in [0.1, 0.15) is 5.76 Å². The van der Waals surface area contributed by atoms with Crippen LogP contribution in [0.3, 0.4) is 0 Å². The van der Waals surface area contributed by atoms with Gasteiger partial charge < -0.3 is 14.5 Å². The van der Waals surface area contributed by atoms with Gasteiger partial charge in [-0.2, -0.15) is 0 Å². The third-order valence-corrected chi connectivity index (χ3v) is 5.94. The lowest BCUT2D eigenvalue weighted by Gasteiger charge is -2.10. The number of aromatic nitrogens is 3. The molecule has 0 aliphatic carbocycles. The molecule has 2 aromatic carbocycles. The molecule has 0 saturated heterocycles. The number of carbonyl (C=O) groups excluding carboxylic acids is 2. The summed E-state index contributed by atoms with van der Waals surface area (Å²) in [6.07, 6.45) is 1.60. The highest BCUT2D eigenvalue weighted by molar-refractivity contribution is 7.99. The number of nitrogens with one attached hydrogen (secondary N) is 1. The van der Waals surface area contributed by atoms with Crippen molar-refractivity contribution in [2.75, 3.05) is 18.2 Å². The number of benzene rings is 2. The number of hydrogen-bond donors (Lipinski definition) is 1. The molecular weight excluding hydrogens is 464 g/mol. The third-order valence-electron chi connectivity index (χ3n) is 4.65. The Morgan fingerprint density at radius 2 is 1.88 bits per heavy atom. The number of nitrogens with zero attached hydrogens (tertiary/aromatic N) is 3. The standard InChI is InChI=1S/C23H19ClN4O4S/c1-31-22(30)15-8-10-16(11-9-15)25-20(29)14-33-23-27-26-21(18-6-2-3-7-19(18)24)28(23)13-17-5-4-12-32-17/h2-12H,13-14H2,1H3,(H,25,29). The Morgan fingerprint density at radius 1 is 1.09 bits per heavy atom. The maximum absolute atomic E-state index is 12.5. The highest BCUT2D eigenvalue weighted by atomic mass is 35.5. The molecule has 4 aromatic rings. The molecule has 10 heteroatoms. The Balaban J connectivity index is 1.49. The number of halogens is 1. The van der Waals surface area contributed by atoms with E-state index in [0.717, 1.165) is 11.3 Å². The zero-order chi connectivity index (χ0) is 23.2. The molecule has 168 valence electrons. The Morgan fingerprint density at radius 3 is 2.58 bits per heavy atom. The van der Waals surface area contributed by atoms with E-state index >= 15 is 0 Å². The molecule has 0 aliphatic heterocycles. The van der Waals surface area contributed by atoms with Crippen LogP contribution in [0.2, 0.25) is 5.02 Å². The Kier molecular flexibility index (Phi) is 7.11. The van der Waals surface area contributed by atoms with Crippen LogP contribution >= 0.6 is 23.4 Å². The van der Waals surface area contributed by atoms with E-state index in [1.165, 1.54) is 18.9 Å². The van der Waals surface area contributed by atoms with Crippen molar-refractivity contribution in [2.45, 2.75) is 11.7 Å². The third kappa shape index (κ3) is 5.44. The predicted octanol–water partition coefficient (Wildman–Crippen LogP) is 4.76. The fourth-order valence-corrected chi connectivity index (χ4v) is 4.03. The lowest BCUT2D eigenvalue weighted by molar-refractivity contribution is -0.113. The number of rotatable bonds is 8. The van der Waals surface area contributed by atoms with E-state index < -0.39 is 5.97 Å². The minimum Gasteiger partial charge on any atom is -0.467 e. The summed E-state index contributed by atoms with van der Waals surface area (Å²) in [6.45, 7) is 0.388. The smallest absolute Gasteiger partial charge is 0.337 e. The molecule has 0 unspecified atom stereocenters. The summed E-state index contributed by atoms with van der Waals surface area (Å²) >= 11 is 7.62. The molecule has 8 nitrogen and oxygen atoms in total. The Bertz CT molecular complexity index is 1260. The molecule has 0 spiro atoms. The van der Waals surface area contributed by atoms with Crippen LogP contribution < -0.4 is 5.32 Å². The van der Waals surface area contributed by atoms with Gasteiger partial charge in [0.15, 0.2) is 11.0 Å². The van der Waals surface area contributed by atoms with E-state index in [0.29, 0.717) is 33.8 Å². The van der Waals surface area contributed by atoms with Gasteiger partial charge in [-0.15, -0.1) is 10.2 Å². The molecule has 0 radical (unpaired) electrons. The van der Waals surface area contributed by atoms with Crippen molar-refractivity contribution >= 4 is 40.9 Å². The lowest BCUT2D eigenvalue weighted by atomic mass is 10.2. The number of hydrogen-bond acceptors (Lipinski definition) is 7. The van der Waals surface area contributed by atoms with Crippen molar-refractivity contribution < 1.29 is 18.7 Å². The summed E-state index contributed by atoms with van der Waals surface area (Å²) in [6, 6.07) is 17.5. The summed E-state index contributed by atoms with van der Waals surface area (Å²) < 4.78 is 12.0. The second-order valence-electron chi connectivity index (χ2n) is 6.86. The maximum atomic E-state index is 12.5. The molecule has 4 rings (SSSR count). The molecule has 2 aromatic heterocycles. The van der Waals surface area contributed by atoms with Crippen molar-refractivity contribution in [1.29, 1.82) is 0 Å². The van der Waals surface area contributed by atoms with E-state index in [1.807, 2.05) is 28.8 Å². The topological polar surface area (TPSA) is 99.2 Å². The average molecular weight is 483 g/mol. The highest BCUT2D eigenvalue weighted by Crippen LogP contribution is 2.30. The molecule has 0 aliphatic rings. The fraction of sp³-hybridized carbons (Fsp3) is 0.130. The summed E-state index contributed by atoms with van der Waals surface area (Å²) in [5, 5.41) is 12.5. The van der Waals surface area contributed by atoms with Gasteiger partial charge in [0.25, 0.3) is 0 Å². The monoisotopic (exact) mass is 482 g/mol. The first-order valence-corrected chi connectivity index (χ1v) is 11.2. The highest BCUT2D eigenvalue weighted by Gasteiger charge is 2.18. The van der Waals surface area contributed by atoms with Crippen LogP contribution in [0.25, 0.3) is 11.4 Å². The zero-order valence-corrected chi connectivity index (χ0v) is 19.1. The van der Waals surface area contributed by atoms with Gasteiger partial charge in [-0.1, -0.05) is 35.5 Å². The van der Waals surface area contributed by atoms with Crippen LogP contribution in [0.1, 0.15) is 16.1 Å². The minimum absolute atomic E-state index is 0.109. The van der Waals surface area contributed by atoms with Crippen molar-refractivity contribution in [1.82, 2.24) is 14.8 Å². The number of thioether (sulfide) groups is 1. The number of carbonyl (C=O) groups is 2. The maximum Gasteiger partial charge on any atom is 0.337 e. The quantitative estimate of drug-likeness (QED) is 0.285. The first-order chi connectivity index (χ1) is 16.0. The number of methoxy groups -OCH3 is 1. The van der Waals surface area contributed by atoms with E-state index in [4.69, 9.17) is 16.0 Å². The first kappa shape index (κ1) is 22.6. The molecule has 33 heavy (non-hydrogen) atoms. The van der Waals surface area contributed by atoms with E-state index in [9.17, 15) is 9.59 Å². The molecule has 0 bridgehead atoms. The molecular formula is C23H19ClN4O4S. The molecule has 1 N–H and O–H groups in total. The van der Waals surface area contributed by atoms with Gasteiger partial charge in [0, 0.05) is 11.3 Å². The van der Waals surface area contributed by atoms with Crippen LogP contribution in [0.15, 0.2) is 76.5 Å². The molecule has 0 atom stereocenters. The first-order valence-electron chi connectivity index (χ1n) is 9.86. The number of anilines is 1. The summed E-state index contributed by atoms with van der Waals surface area (Å²) in [5.41, 5.74) is 1.71. The van der Waals surface area contributed by atoms with Crippen molar-refractivity contribution in [3.8, 4) is 11.4 Å². The van der Waals surface area contributed by atoms with Crippen molar-refractivity contribution in [2.24, 2.45) is 0 Å². The Hall–Kier alpha value is -3.56. The average Bonchev–Trinajstić information content (AvgIpc) is 3.48. The van der Waals surface area contributed by atoms with E-state index in [2.05, 4.69) is 20.3 Å². The summed E-state index contributed by atoms with van der Waals surface area (Å²) in [7, 11) is 1.32. The second-order valence-corrected chi connectivity index (χ2v) is 8.21. The van der Waals surface area contributed by atoms with Crippen LogP contribution in [-0.4, -0.2) is 39.5 Å². The van der Waals surface area contributed by atoms with Crippen LogP contribution in [0.5, 0.6) is 0 Å². The SMILES string of the molecule is COC(=O)c1ccc(NC(=O)CSc2nnc(-c3ccccc3Cl)n2Cc2ccco2)cc1. The van der Waals surface area contributed by atoms with Gasteiger partial charge in [0.05, 0.1) is 36.3 Å². The van der Waals surface area contributed by atoms with Gasteiger partial charge >= 0.3 is 5.97 Å². The summed E-state index contributed by atoms with van der Waals surface area (Å²) in [5.74, 6) is 0.752. The molecule has 0 saturated carbocycles. The minimum atomic E-state index is -0.436. The Labute approximate surface area is 198 Å². The summed E-state index contributed by atoms with van der Waals surface area (Å²) in [4.78, 5) is 24.0. The number of ether oxygens (including phenoxy) is 1. The molecule has 2 heterocycles. The fourth-order valence-electron chi connectivity index (χ4n) is 3.07. The van der Waals surface area contributed by atoms with Crippen LogP contribution in [0, 0.1) is 0 Å². The number of esters is 1.